The summed E-state index contributed by atoms with van der Waals surface area (Å²) in [6.07, 6.45) is 1.59. The summed E-state index contributed by atoms with van der Waals surface area (Å²) < 4.78 is 6.49. The lowest BCUT2D eigenvalue weighted by atomic mass is 10.2. The predicted octanol–water partition coefficient (Wildman–Crippen LogP) is 1.39. The van der Waals surface area contributed by atoms with Gasteiger partial charge in [0.05, 0.1) is 12.8 Å². The number of amides is 1. The quantitative estimate of drug-likeness (QED) is 0.832. The van der Waals surface area contributed by atoms with Crippen LogP contribution in [0.25, 0.3) is 0 Å². The van der Waals surface area contributed by atoms with Gasteiger partial charge in [-0.1, -0.05) is 0 Å². The number of nitrogens with one attached hydrogen (secondary N) is 1. The highest BCUT2D eigenvalue weighted by Crippen LogP contribution is 2.26. The smallest absolute Gasteiger partial charge is 0.251 e. The van der Waals surface area contributed by atoms with Crippen LogP contribution in [0.5, 0.6) is 5.75 Å². The van der Waals surface area contributed by atoms with Gasteiger partial charge in [-0.05, 0) is 30.7 Å². The Kier molecular flexibility index (Phi) is 4.27. The molecule has 1 amide bonds. The van der Waals surface area contributed by atoms with Crippen LogP contribution in [-0.2, 0) is 11.3 Å². The number of carbonyl (C=O) groups is 1. The van der Waals surface area contributed by atoms with Crippen molar-refractivity contribution in [2.24, 2.45) is 0 Å². The number of carbonyl (C=O) groups excluding carboxylic acids is 1. The number of benzene rings is 1. The number of hydrogen-bond donors (Lipinski definition) is 2. The van der Waals surface area contributed by atoms with E-state index >= 15 is 0 Å². The molecule has 1 heterocycles. The van der Waals surface area contributed by atoms with E-state index in [1.165, 1.54) is 17.7 Å². The fourth-order valence-electron chi connectivity index (χ4n) is 1.89. The summed E-state index contributed by atoms with van der Waals surface area (Å²) in [5.41, 5.74) is 7.35. The lowest BCUT2D eigenvalue weighted by molar-refractivity contribution is -0.116. The zero-order valence-corrected chi connectivity index (χ0v) is 11.9. The van der Waals surface area contributed by atoms with Crippen LogP contribution in [0, 0.1) is 6.92 Å². The number of nitrogens with two attached hydrogens (primary N) is 1. The second-order valence-corrected chi connectivity index (χ2v) is 4.68. The van der Waals surface area contributed by atoms with Gasteiger partial charge >= 0.3 is 0 Å². The first-order valence-electron chi connectivity index (χ1n) is 6.40. The van der Waals surface area contributed by atoms with Crippen molar-refractivity contribution in [1.29, 1.82) is 0 Å². The Balaban J connectivity index is 2.13. The van der Waals surface area contributed by atoms with Crippen LogP contribution < -0.4 is 21.3 Å². The van der Waals surface area contributed by atoms with Gasteiger partial charge in [-0.15, -0.1) is 0 Å². The van der Waals surface area contributed by atoms with Crippen LogP contribution >= 0.6 is 0 Å². The van der Waals surface area contributed by atoms with Gasteiger partial charge in [-0.25, -0.2) is 0 Å². The third kappa shape index (κ3) is 3.62. The minimum absolute atomic E-state index is 0.0629. The highest BCUT2D eigenvalue weighted by Gasteiger charge is 2.09. The summed E-state index contributed by atoms with van der Waals surface area (Å²) in [6.45, 7) is 1.76. The van der Waals surface area contributed by atoms with E-state index in [1.54, 1.807) is 30.5 Å². The second kappa shape index (κ2) is 6.13. The van der Waals surface area contributed by atoms with Crippen LogP contribution in [0.15, 0.2) is 41.3 Å². The SMILES string of the molecule is COc1cc(N)ccc1NC(=O)Cn1ccc(C)cc1=O. The summed E-state index contributed by atoms with van der Waals surface area (Å²) in [5.74, 6) is 0.156. The molecule has 0 aliphatic rings. The van der Waals surface area contributed by atoms with Crippen LogP contribution in [0.2, 0.25) is 0 Å². The van der Waals surface area contributed by atoms with Crippen molar-refractivity contribution >= 4 is 17.3 Å². The van der Waals surface area contributed by atoms with Crippen molar-refractivity contribution in [3.63, 3.8) is 0 Å². The Bertz CT molecular complexity index is 722. The first-order valence-corrected chi connectivity index (χ1v) is 6.40. The molecule has 0 saturated carbocycles. The second-order valence-electron chi connectivity index (χ2n) is 4.68. The van der Waals surface area contributed by atoms with E-state index in [2.05, 4.69) is 5.32 Å². The number of aromatic nitrogens is 1. The first-order chi connectivity index (χ1) is 9.99. The molecule has 1 aromatic heterocycles. The summed E-state index contributed by atoms with van der Waals surface area (Å²) in [6, 6.07) is 8.20. The van der Waals surface area contributed by atoms with Gasteiger partial charge in [0.1, 0.15) is 12.3 Å². The number of pyridine rings is 1. The molecule has 0 spiro atoms. The van der Waals surface area contributed by atoms with Crippen molar-refractivity contribution in [3.05, 3.63) is 52.4 Å². The molecule has 2 rings (SSSR count). The fraction of sp³-hybridized carbons (Fsp3) is 0.200. The normalized spacial score (nSPS) is 10.2. The maximum atomic E-state index is 12.0. The van der Waals surface area contributed by atoms with E-state index in [4.69, 9.17) is 10.5 Å². The maximum absolute atomic E-state index is 12.0. The van der Waals surface area contributed by atoms with Crippen LogP contribution in [0.4, 0.5) is 11.4 Å². The summed E-state index contributed by atoms with van der Waals surface area (Å²) in [7, 11) is 1.49. The average Bonchev–Trinajstić information content (AvgIpc) is 2.44. The number of nitrogens with zero attached hydrogens (tertiary/aromatic N) is 1. The number of ether oxygens (including phenoxy) is 1. The molecule has 6 nitrogen and oxygen atoms in total. The third-order valence-electron chi connectivity index (χ3n) is 2.97. The molecule has 1 aromatic carbocycles. The Labute approximate surface area is 122 Å². The average molecular weight is 287 g/mol. The van der Waals surface area contributed by atoms with Gasteiger partial charge in [0.25, 0.3) is 5.56 Å². The molecule has 0 bridgehead atoms. The number of nitrogen functional groups attached to an aromatic ring is 1. The standard InChI is InChI=1S/C15H17N3O3/c1-10-5-6-18(15(20)7-10)9-14(19)17-12-4-3-11(16)8-13(12)21-2/h3-8H,9,16H2,1-2H3,(H,17,19). The highest BCUT2D eigenvalue weighted by atomic mass is 16.5. The van der Waals surface area contributed by atoms with E-state index in [0.29, 0.717) is 17.1 Å². The Hall–Kier alpha value is -2.76. The van der Waals surface area contributed by atoms with E-state index in [1.807, 2.05) is 6.92 Å². The van der Waals surface area contributed by atoms with Crippen molar-refractivity contribution in [1.82, 2.24) is 4.57 Å². The van der Waals surface area contributed by atoms with Gasteiger partial charge in [0.2, 0.25) is 5.91 Å². The van der Waals surface area contributed by atoms with E-state index in [9.17, 15) is 9.59 Å². The van der Waals surface area contributed by atoms with E-state index < -0.39 is 0 Å². The number of rotatable bonds is 4. The van der Waals surface area contributed by atoms with Gasteiger partial charge in [-0.3, -0.25) is 9.59 Å². The highest BCUT2D eigenvalue weighted by molar-refractivity contribution is 5.92. The minimum Gasteiger partial charge on any atom is -0.494 e. The van der Waals surface area contributed by atoms with Gasteiger partial charge in [0.15, 0.2) is 0 Å². The molecule has 0 aliphatic heterocycles. The molecular formula is C15H17N3O3. The topological polar surface area (TPSA) is 86.3 Å². The molecule has 3 N–H and O–H groups in total. The third-order valence-corrected chi connectivity index (χ3v) is 2.97. The van der Waals surface area contributed by atoms with Gasteiger partial charge in [-0.2, -0.15) is 0 Å². The Morgan fingerprint density at radius 3 is 2.76 bits per heavy atom. The zero-order valence-electron chi connectivity index (χ0n) is 11.9. The summed E-state index contributed by atoms with van der Waals surface area (Å²) in [4.78, 5) is 23.8. The van der Waals surface area contributed by atoms with E-state index in [-0.39, 0.29) is 18.0 Å². The Morgan fingerprint density at radius 1 is 1.33 bits per heavy atom. The lowest BCUT2D eigenvalue weighted by Gasteiger charge is -2.11. The molecule has 110 valence electrons. The van der Waals surface area contributed by atoms with Crippen molar-refractivity contribution in [3.8, 4) is 5.75 Å². The molecular weight excluding hydrogens is 270 g/mol. The number of anilines is 2. The number of hydrogen-bond acceptors (Lipinski definition) is 4. The first kappa shape index (κ1) is 14.6. The summed E-state index contributed by atoms with van der Waals surface area (Å²) in [5, 5.41) is 2.70. The molecule has 0 aliphatic carbocycles. The maximum Gasteiger partial charge on any atom is 0.251 e. The van der Waals surface area contributed by atoms with Gasteiger partial charge < -0.3 is 20.4 Å². The van der Waals surface area contributed by atoms with Crippen LogP contribution in [-0.4, -0.2) is 17.6 Å². The fourth-order valence-corrected chi connectivity index (χ4v) is 1.89. The molecule has 21 heavy (non-hydrogen) atoms. The van der Waals surface area contributed by atoms with Gasteiger partial charge in [0, 0.05) is 24.0 Å². The zero-order chi connectivity index (χ0) is 15.4. The van der Waals surface area contributed by atoms with Crippen LogP contribution in [0.3, 0.4) is 0 Å². The molecule has 6 heteroatoms. The molecule has 0 radical (unpaired) electrons. The lowest BCUT2D eigenvalue weighted by Crippen LogP contribution is -2.27. The Morgan fingerprint density at radius 2 is 2.10 bits per heavy atom. The largest absolute Gasteiger partial charge is 0.494 e. The number of aryl methyl sites for hydroxylation is 1. The minimum atomic E-state index is -0.316. The van der Waals surface area contributed by atoms with Crippen molar-refractivity contribution < 1.29 is 9.53 Å². The summed E-state index contributed by atoms with van der Waals surface area (Å²) >= 11 is 0. The molecule has 0 atom stereocenters. The molecule has 0 fully saturated rings. The monoisotopic (exact) mass is 287 g/mol. The van der Waals surface area contributed by atoms with E-state index in [0.717, 1.165) is 5.56 Å². The van der Waals surface area contributed by atoms with Crippen molar-refractivity contribution in [2.75, 3.05) is 18.2 Å². The van der Waals surface area contributed by atoms with Crippen molar-refractivity contribution in [2.45, 2.75) is 13.5 Å². The molecule has 2 aromatic rings. The predicted molar refractivity (Wildman–Crippen MR) is 81.5 cm³/mol. The molecule has 0 unspecified atom stereocenters. The van der Waals surface area contributed by atoms with Crippen LogP contribution in [0.1, 0.15) is 5.56 Å². The molecule has 0 saturated heterocycles. The number of methoxy groups -OCH3 is 1.